The smallest absolute Gasteiger partial charge is 0.187 e. The lowest BCUT2D eigenvalue weighted by molar-refractivity contribution is -0.906. The van der Waals surface area contributed by atoms with Crippen LogP contribution in [0.2, 0.25) is 5.02 Å². The van der Waals surface area contributed by atoms with Gasteiger partial charge in [-0.15, -0.1) is 0 Å². The molecule has 1 saturated heterocycles. The van der Waals surface area contributed by atoms with Gasteiger partial charge in [-0.3, -0.25) is 5.43 Å². The Kier molecular flexibility index (Phi) is 6.98. The van der Waals surface area contributed by atoms with Gasteiger partial charge < -0.3 is 15.0 Å². The molecule has 1 aromatic rings. The van der Waals surface area contributed by atoms with Crippen molar-refractivity contribution in [3.63, 3.8) is 0 Å². The van der Waals surface area contributed by atoms with Gasteiger partial charge in [0.15, 0.2) is 5.11 Å². The van der Waals surface area contributed by atoms with Gasteiger partial charge in [-0.2, -0.15) is 5.10 Å². The van der Waals surface area contributed by atoms with E-state index in [0.29, 0.717) is 10.1 Å². The van der Waals surface area contributed by atoms with E-state index in [1.807, 2.05) is 0 Å². The predicted octanol–water partition coefficient (Wildman–Crippen LogP) is 0.192. The number of rotatable bonds is 5. The molecule has 0 amide bonds. The second kappa shape index (κ2) is 8.99. The first-order valence-electron chi connectivity index (χ1n) is 7.09. The average molecular weight is 346 g/mol. The van der Waals surface area contributed by atoms with Crippen LogP contribution < -0.4 is 15.6 Å². The summed E-state index contributed by atoms with van der Waals surface area (Å²) in [6.07, 6.45) is 1.32. The third-order valence-electron chi connectivity index (χ3n) is 3.32. The zero-order valence-electron chi connectivity index (χ0n) is 12.1. The number of ether oxygens (including phenoxy) is 1. The SMILES string of the molecule is Fc1cccc(Cl)c1/C=N\NC(=S)NCC[NH+]1CCOCC1. The second-order valence-electron chi connectivity index (χ2n) is 4.87. The van der Waals surface area contributed by atoms with Crippen molar-refractivity contribution in [1.82, 2.24) is 10.7 Å². The third kappa shape index (κ3) is 5.49. The lowest BCUT2D eigenvalue weighted by Gasteiger charge is -2.23. The Hall–Kier alpha value is -1.28. The van der Waals surface area contributed by atoms with Crippen LogP contribution >= 0.6 is 23.8 Å². The van der Waals surface area contributed by atoms with E-state index in [0.717, 1.165) is 39.4 Å². The fourth-order valence-electron chi connectivity index (χ4n) is 2.09. The summed E-state index contributed by atoms with van der Waals surface area (Å²) >= 11 is 11.0. The van der Waals surface area contributed by atoms with E-state index in [4.69, 9.17) is 28.6 Å². The van der Waals surface area contributed by atoms with Crippen molar-refractivity contribution in [2.24, 2.45) is 5.10 Å². The lowest BCUT2D eigenvalue weighted by atomic mass is 10.2. The molecule has 2 rings (SSSR count). The lowest BCUT2D eigenvalue weighted by Crippen LogP contribution is -3.14. The molecule has 0 atom stereocenters. The summed E-state index contributed by atoms with van der Waals surface area (Å²) in [7, 11) is 0. The van der Waals surface area contributed by atoms with Gasteiger partial charge in [0.2, 0.25) is 0 Å². The minimum Gasteiger partial charge on any atom is -0.370 e. The van der Waals surface area contributed by atoms with Crippen molar-refractivity contribution in [2.75, 3.05) is 39.4 Å². The van der Waals surface area contributed by atoms with E-state index in [1.54, 1.807) is 12.1 Å². The highest BCUT2D eigenvalue weighted by molar-refractivity contribution is 7.80. The topological polar surface area (TPSA) is 50.1 Å². The summed E-state index contributed by atoms with van der Waals surface area (Å²) in [6.45, 7) is 5.38. The number of thiocarbonyl (C=S) groups is 1. The summed E-state index contributed by atoms with van der Waals surface area (Å²) in [4.78, 5) is 1.49. The molecular formula is C14H19ClFN4OS+. The van der Waals surface area contributed by atoms with Gasteiger partial charge >= 0.3 is 0 Å². The molecule has 1 aromatic carbocycles. The Balaban J connectivity index is 1.70. The first-order chi connectivity index (χ1) is 10.7. The van der Waals surface area contributed by atoms with Crippen LogP contribution in [0, 0.1) is 5.82 Å². The maximum absolute atomic E-state index is 13.5. The van der Waals surface area contributed by atoms with Gasteiger partial charge in [-0.05, 0) is 24.4 Å². The van der Waals surface area contributed by atoms with Crippen LogP contribution in [0.3, 0.4) is 0 Å². The average Bonchev–Trinajstić information content (AvgIpc) is 2.51. The number of morpholine rings is 1. The van der Waals surface area contributed by atoms with Crippen molar-refractivity contribution in [1.29, 1.82) is 0 Å². The fourth-order valence-corrected chi connectivity index (χ4v) is 2.46. The number of nitrogens with zero attached hydrogens (tertiary/aromatic N) is 1. The van der Waals surface area contributed by atoms with Crippen LogP contribution in [0.5, 0.6) is 0 Å². The molecule has 0 aliphatic carbocycles. The normalized spacial score (nSPS) is 15.9. The number of hydrazone groups is 1. The molecule has 120 valence electrons. The van der Waals surface area contributed by atoms with Crippen LogP contribution in [-0.4, -0.2) is 50.7 Å². The van der Waals surface area contributed by atoms with E-state index in [9.17, 15) is 4.39 Å². The van der Waals surface area contributed by atoms with E-state index in [-0.39, 0.29) is 5.56 Å². The molecule has 5 nitrogen and oxygen atoms in total. The fraction of sp³-hybridized carbons (Fsp3) is 0.429. The molecule has 1 fully saturated rings. The molecule has 1 heterocycles. The molecule has 0 bridgehead atoms. The van der Waals surface area contributed by atoms with E-state index >= 15 is 0 Å². The van der Waals surface area contributed by atoms with E-state index in [1.165, 1.54) is 17.2 Å². The van der Waals surface area contributed by atoms with Gasteiger partial charge in [0, 0.05) is 5.56 Å². The Bertz CT molecular complexity index is 517. The van der Waals surface area contributed by atoms with E-state index in [2.05, 4.69) is 15.8 Å². The van der Waals surface area contributed by atoms with Gasteiger partial charge in [0.1, 0.15) is 18.9 Å². The number of hydrogen-bond donors (Lipinski definition) is 3. The summed E-state index contributed by atoms with van der Waals surface area (Å²) in [5, 5.41) is 7.67. The van der Waals surface area contributed by atoms with Gasteiger partial charge in [-0.1, -0.05) is 17.7 Å². The molecular weight excluding hydrogens is 327 g/mol. The number of quaternary nitrogens is 1. The minimum absolute atomic E-state index is 0.234. The van der Waals surface area contributed by atoms with Crippen LogP contribution in [0.15, 0.2) is 23.3 Å². The Morgan fingerprint density at radius 2 is 2.23 bits per heavy atom. The van der Waals surface area contributed by atoms with Crippen molar-refractivity contribution >= 4 is 35.1 Å². The number of benzene rings is 1. The van der Waals surface area contributed by atoms with E-state index < -0.39 is 5.82 Å². The van der Waals surface area contributed by atoms with Crippen molar-refractivity contribution < 1.29 is 14.0 Å². The summed E-state index contributed by atoms with van der Waals surface area (Å²) in [6, 6.07) is 4.48. The monoisotopic (exact) mass is 345 g/mol. The standard InChI is InChI=1S/C14H18ClFN4OS/c15-12-2-1-3-13(16)11(12)10-18-19-14(22)17-4-5-20-6-8-21-9-7-20/h1-3,10H,4-9H2,(H2,17,19,22)/p+1/b18-10-. The molecule has 1 aliphatic rings. The summed E-state index contributed by atoms with van der Waals surface area (Å²) in [5.74, 6) is -0.423. The highest BCUT2D eigenvalue weighted by Gasteiger charge is 2.12. The zero-order valence-corrected chi connectivity index (χ0v) is 13.6. The maximum atomic E-state index is 13.5. The summed E-state index contributed by atoms with van der Waals surface area (Å²) < 4.78 is 18.8. The first-order valence-corrected chi connectivity index (χ1v) is 7.87. The molecule has 0 unspecified atom stereocenters. The van der Waals surface area contributed by atoms with Gasteiger partial charge in [0.05, 0.1) is 37.5 Å². The van der Waals surface area contributed by atoms with Gasteiger partial charge in [-0.25, -0.2) is 4.39 Å². The zero-order chi connectivity index (χ0) is 15.8. The number of hydrogen-bond acceptors (Lipinski definition) is 3. The molecule has 3 N–H and O–H groups in total. The molecule has 0 radical (unpaired) electrons. The largest absolute Gasteiger partial charge is 0.370 e. The van der Waals surface area contributed by atoms with Crippen LogP contribution in [-0.2, 0) is 4.74 Å². The number of nitrogens with one attached hydrogen (secondary N) is 3. The highest BCUT2D eigenvalue weighted by atomic mass is 35.5. The molecule has 1 aliphatic heterocycles. The Morgan fingerprint density at radius 3 is 2.95 bits per heavy atom. The Labute approximate surface area is 139 Å². The van der Waals surface area contributed by atoms with Crippen molar-refractivity contribution in [2.45, 2.75) is 0 Å². The predicted molar refractivity (Wildman–Crippen MR) is 89.1 cm³/mol. The quantitative estimate of drug-likeness (QED) is 0.405. The van der Waals surface area contributed by atoms with Crippen LogP contribution in [0.1, 0.15) is 5.56 Å². The molecule has 8 heteroatoms. The molecule has 0 aromatic heterocycles. The molecule has 0 spiro atoms. The highest BCUT2D eigenvalue weighted by Crippen LogP contribution is 2.16. The summed E-state index contributed by atoms with van der Waals surface area (Å²) in [5.41, 5.74) is 2.89. The minimum atomic E-state index is -0.423. The second-order valence-corrected chi connectivity index (χ2v) is 5.69. The Morgan fingerprint density at radius 1 is 1.45 bits per heavy atom. The molecule has 22 heavy (non-hydrogen) atoms. The number of halogens is 2. The molecule has 0 saturated carbocycles. The van der Waals surface area contributed by atoms with Crippen molar-refractivity contribution in [3.8, 4) is 0 Å². The van der Waals surface area contributed by atoms with Gasteiger partial charge in [0.25, 0.3) is 0 Å². The maximum Gasteiger partial charge on any atom is 0.187 e. The van der Waals surface area contributed by atoms with Crippen LogP contribution in [0.4, 0.5) is 4.39 Å². The van der Waals surface area contributed by atoms with Crippen molar-refractivity contribution in [3.05, 3.63) is 34.6 Å². The third-order valence-corrected chi connectivity index (χ3v) is 3.89. The first kappa shape index (κ1) is 17.1. The van der Waals surface area contributed by atoms with Crippen LogP contribution in [0.25, 0.3) is 0 Å².